The molecule has 0 aromatic heterocycles. The van der Waals surface area contributed by atoms with Crippen molar-refractivity contribution in [2.75, 3.05) is 26.9 Å². The van der Waals surface area contributed by atoms with Gasteiger partial charge in [0.15, 0.2) is 0 Å². The molecule has 0 heterocycles. The molecule has 2 unspecified atom stereocenters. The molecule has 0 fully saturated rings. The Morgan fingerprint density at radius 2 is 1.87 bits per heavy atom. The van der Waals surface area contributed by atoms with E-state index in [1.807, 2.05) is 0 Å². The van der Waals surface area contributed by atoms with E-state index in [-0.39, 0.29) is 0 Å². The van der Waals surface area contributed by atoms with Gasteiger partial charge in [-0.05, 0) is 26.3 Å². The quantitative estimate of drug-likeness (QED) is 0.608. The monoisotopic (exact) mass is 217 g/mol. The number of ether oxygens (including phenoxy) is 2. The lowest BCUT2D eigenvalue weighted by molar-refractivity contribution is 0.0261. The number of methoxy groups -OCH3 is 1. The summed E-state index contributed by atoms with van der Waals surface area (Å²) in [5, 5.41) is 3.42. The maximum Gasteiger partial charge on any atom is 0.0645 e. The Balaban J connectivity index is 3.63. The molecule has 3 heteroatoms. The van der Waals surface area contributed by atoms with E-state index < -0.39 is 0 Å². The Hall–Kier alpha value is -0.120. The van der Waals surface area contributed by atoms with Crippen LogP contribution in [0.5, 0.6) is 0 Å². The molecule has 0 rings (SSSR count). The molecule has 0 aromatic carbocycles. The van der Waals surface area contributed by atoms with Crippen molar-refractivity contribution in [3.63, 3.8) is 0 Å². The molecule has 2 atom stereocenters. The van der Waals surface area contributed by atoms with Gasteiger partial charge in [0.1, 0.15) is 0 Å². The molecule has 0 radical (unpaired) electrons. The molecule has 3 nitrogen and oxygen atoms in total. The van der Waals surface area contributed by atoms with E-state index >= 15 is 0 Å². The van der Waals surface area contributed by atoms with Crippen LogP contribution in [-0.2, 0) is 9.47 Å². The van der Waals surface area contributed by atoms with Crippen LogP contribution in [0.25, 0.3) is 0 Å². The summed E-state index contributed by atoms with van der Waals surface area (Å²) in [6, 6.07) is 0.328. The predicted molar refractivity (Wildman–Crippen MR) is 64.3 cm³/mol. The highest BCUT2D eigenvalue weighted by Gasteiger charge is 2.09. The average molecular weight is 217 g/mol. The molecule has 0 spiro atoms. The molecule has 0 aliphatic heterocycles. The number of rotatable bonds is 10. The van der Waals surface area contributed by atoms with Crippen LogP contribution in [0.15, 0.2) is 0 Å². The Kier molecular flexibility index (Phi) is 10.3. The summed E-state index contributed by atoms with van der Waals surface area (Å²) in [5.74, 6) is 0. The molecule has 1 N–H and O–H groups in total. The van der Waals surface area contributed by atoms with E-state index in [2.05, 4.69) is 26.1 Å². The molecule has 15 heavy (non-hydrogen) atoms. The summed E-state index contributed by atoms with van der Waals surface area (Å²) >= 11 is 0. The van der Waals surface area contributed by atoms with Gasteiger partial charge < -0.3 is 14.8 Å². The van der Waals surface area contributed by atoms with Crippen LogP contribution in [0.3, 0.4) is 0 Å². The zero-order chi connectivity index (χ0) is 11.5. The molecule has 92 valence electrons. The second-order valence-electron chi connectivity index (χ2n) is 4.04. The van der Waals surface area contributed by atoms with Crippen molar-refractivity contribution in [1.29, 1.82) is 0 Å². The summed E-state index contributed by atoms with van der Waals surface area (Å²) in [6.45, 7) is 8.97. The highest BCUT2D eigenvalue weighted by Crippen LogP contribution is 2.01. The van der Waals surface area contributed by atoms with Crippen LogP contribution in [0.2, 0.25) is 0 Å². The Morgan fingerprint density at radius 3 is 2.40 bits per heavy atom. The van der Waals surface area contributed by atoms with Gasteiger partial charge in [0.25, 0.3) is 0 Å². The van der Waals surface area contributed by atoms with Gasteiger partial charge >= 0.3 is 0 Å². The minimum Gasteiger partial charge on any atom is -0.383 e. The fourth-order valence-electron chi connectivity index (χ4n) is 1.49. The minimum absolute atomic E-state index is 0.328. The molecule has 0 aliphatic carbocycles. The van der Waals surface area contributed by atoms with E-state index in [9.17, 15) is 0 Å². The van der Waals surface area contributed by atoms with E-state index in [0.717, 1.165) is 32.6 Å². The van der Waals surface area contributed by atoms with Crippen molar-refractivity contribution < 1.29 is 9.47 Å². The lowest BCUT2D eigenvalue weighted by atomic mass is 10.2. The van der Waals surface area contributed by atoms with Gasteiger partial charge in [0.2, 0.25) is 0 Å². The molecule has 0 aliphatic rings. The number of hydrogen-bond donors (Lipinski definition) is 1. The van der Waals surface area contributed by atoms with Gasteiger partial charge in [-0.15, -0.1) is 0 Å². The van der Waals surface area contributed by atoms with E-state index in [1.165, 1.54) is 6.42 Å². The molecule has 0 aromatic rings. The van der Waals surface area contributed by atoms with Gasteiger partial charge in [-0.25, -0.2) is 0 Å². The first-order valence-corrected chi connectivity index (χ1v) is 6.08. The highest BCUT2D eigenvalue weighted by molar-refractivity contribution is 4.65. The Labute approximate surface area is 94.5 Å². The zero-order valence-electron chi connectivity index (χ0n) is 10.7. The van der Waals surface area contributed by atoms with Crippen molar-refractivity contribution in [2.45, 2.75) is 52.2 Å². The maximum absolute atomic E-state index is 5.75. The van der Waals surface area contributed by atoms with Crippen LogP contribution in [0, 0.1) is 0 Å². The topological polar surface area (TPSA) is 30.5 Å². The van der Waals surface area contributed by atoms with Crippen LogP contribution in [-0.4, -0.2) is 39.0 Å². The smallest absolute Gasteiger partial charge is 0.0645 e. The maximum atomic E-state index is 5.75. The van der Waals surface area contributed by atoms with Gasteiger partial charge in [-0.3, -0.25) is 0 Å². The van der Waals surface area contributed by atoms with Gasteiger partial charge in [0.05, 0.1) is 25.4 Å². The second-order valence-corrected chi connectivity index (χ2v) is 4.04. The molecule has 0 saturated heterocycles. The third-order valence-electron chi connectivity index (χ3n) is 2.33. The summed E-state index contributed by atoms with van der Waals surface area (Å²) in [4.78, 5) is 0. The van der Waals surface area contributed by atoms with E-state index in [1.54, 1.807) is 7.11 Å². The predicted octanol–water partition coefficient (Wildman–Crippen LogP) is 2.21. The summed E-state index contributed by atoms with van der Waals surface area (Å²) < 4.78 is 10.9. The molecule has 0 saturated carbocycles. The van der Waals surface area contributed by atoms with Crippen LogP contribution < -0.4 is 5.32 Å². The molecular weight excluding hydrogens is 190 g/mol. The van der Waals surface area contributed by atoms with Crippen molar-refractivity contribution in [1.82, 2.24) is 5.32 Å². The normalized spacial score (nSPS) is 15.2. The fraction of sp³-hybridized carbons (Fsp3) is 1.00. The first kappa shape index (κ1) is 14.9. The van der Waals surface area contributed by atoms with Crippen molar-refractivity contribution in [3.05, 3.63) is 0 Å². The molecule has 0 bridgehead atoms. The fourth-order valence-corrected chi connectivity index (χ4v) is 1.49. The first-order chi connectivity index (χ1) is 7.24. The third-order valence-corrected chi connectivity index (χ3v) is 2.33. The summed E-state index contributed by atoms with van der Waals surface area (Å²) in [7, 11) is 1.73. The lowest BCUT2D eigenvalue weighted by Gasteiger charge is -2.20. The Morgan fingerprint density at radius 1 is 1.13 bits per heavy atom. The van der Waals surface area contributed by atoms with Gasteiger partial charge in [-0.1, -0.05) is 20.3 Å². The Bertz CT molecular complexity index is 131. The van der Waals surface area contributed by atoms with Crippen LogP contribution >= 0.6 is 0 Å². The number of nitrogens with one attached hydrogen (secondary N) is 1. The van der Waals surface area contributed by atoms with Gasteiger partial charge in [-0.2, -0.15) is 0 Å². The highest BCUT2D eigenvalue weighted by atomic mass is 16.5. The van der Waals surface area contributed by atoms with E-state index in [4.69, 9.17) is 9.47 Å². The van der Waals surface area contributed by atoms with Crippen molar-refractivity contribution in [2.24, 2.45) is 0 Å². The van der Waals surface area contributed by atoms with Crippen LogP contribution in [0.4, 0.5) is 0 Å². The number of hydrogen-bond acceptors (Lipinski definition) is 3. The molecular formula is C12H27NO2. The van der Waals surface area contributed by atoms with Crippen molar-refractivity contribution >= 4 is 0 Å². The lowest BCUT2D eigenvalue weighted by Crippen LogP contribution is -2.38. The average Bonchev–Trinajstić information content (AvgIpc) is 2.22. The minimum atomic E-state index is 0.328. The molecule has 0 amide bonds. The SMILES string of the molecule is CCCNC(COC)COC(C)CCC. The largest absolute Gasteiger partial charge is 0.383 e. The zero-order valence-corrected chi connectivity index (χ0v) is 10.7. The van der Waals surface area contributed by atoms with Gasteiger partial charge in [0, 0.05) is 7.11 Å². The first-order valence-electron chi connectivity index (χ1n) is 6.08. The van der Waals surface area contributed by atoms with Crippen molar-refractivity contribution in [3.8, 4) is 0 Å². The standard InChI is InChI=1S/C12H27NO2/c1-5-7-11(3)15-10-12(9-14-4)13-8-6-2/h11-13H,5-10H2,1-4H3. The summed E-state index contributed by atoms with van der Waals surface area (Å²) in [6.07, 6.45) is 3.81. The summed E-state index contributed by atoms with van der Waals surface area (Å²) in [5.41, 5.74) is 0. The third kappa shape index (κ3) is 8.85. The second kappa shape index (κ2) is 10.4. The van der Waals surface area contributed by atoms with E-state index in [0.29, 0.717) is 12.1 Å². The van der Waals surface area contributed by atoms with Crippen LogP contribution in [0.1, 0.15) is 40.0 Å².